The largest absolute Gasteiger partial charge is 0.390 e. The molecule has 1 aliphatic carbocycles. The zero-order valence-electron chi connectivity index (χ0n) is 13.2. The Balaban J connectivity index is 1.70. The van der Waals surface area contributed by atoms with Crippen molar-refractivity contribution in [3.8, 4) is 0 Å². The number of urea groups is 1. The Kier molecular flexibility index (Phi) is 4.22. The number of hydrogen-bond acceptors (Lipinski definition) is 3. The minimum Gasteiger partial charge on any atom is -0.390 e. The molecule has 0 aliphatic heterocycles. The summed E-state index contributed by atoms with van der Waals surface area (Å²) in [7, 11) is 0. The van der Waals surface area contributed by atoms with E-state index in [0.29, 0.717) is 23.2 Å². The van der Waals surface area contributed by atoms with Gasteiger partial charge in [0.1, 0.15) is 0 Å². The molecule has 0 bridgehead atoms. The summed E-state index contributed by atoms with van der Waals surface area (Å²) in [4.78, 5) is 23.5. The van der Waals surface area contributed by atoms with Gasteiger partial charge in [0.2, 0.25) is 5.91 Å². The molecule has 6 nitrogen and oxygen atoms in total. The predicted octanol–water partition coefficient (Wildman–Crippen LogP) is 1.87. The molecule has 2 unspecified atom stereocenters. The Morgan fingerprint density at radius 2 is 1.96 bits per heavy atom. The van der Waals surface area contributed by atoms with Crippen LogP contribution in [0.25, 0.3) is 0 Å². The van der Waals surface area contributed by atoms with Crippen LogP contribution in [0.4, 0.5) is 10.5 Å². The molecule has 24 heavy (non-hydrogen) atoms. The van der Waals surface area contributed by atoms with Crippen molar-refractivity contribution < 1.29 is 14.7 Å². The van der Waals surface area contributed by atoms with E-state index in [9.17, 15) is 14.7 Å². The van der Waals surface area contributed by atoms with Crippen molar-refractivity contribution in [2.45, 2.75) is 25.5 Å². The van der Waals surface area contributed by atoms with Crippen molar-refractivity contribution >= 4 is 17.6 Å². The molecule has 2 aromatic rings. The molecule has 3 amide bonds. The first-order valence-corrected chi connectivity index (χ1v) is 7.69. The van der Waals surface area contributed by atoms with E-state index in [1.807, 2.05) is 24.3 Å². The summed E-state index contributed by atoms with van der Waals surface area (Å²) >= 11 is 0. The lowest BCUT2D eigenvalue weighted by atomic mass is 10.1. The maximum atomic E-state index is 12.2. The Bertz CT molecular complexity index is 804. The van der Waals surface area contributed by atoms with Crippen LogP contribution in [0.15, 0.2) is 42.5 Å². The van der Waals surface area contributed by atoms with Crippen LogP contribution in [-0.4, -0.2) is 23.1 Å². The van der Waals surface area contributed by atoms with Gasteiger partial charge in [0, 0.05) is 17.7 Å². The SMILES string of the molecule is Cc1cc(NC(=O)NC2c3ccccc3CC2O)ccc1C(N)=O. The second-order valence-corrected chi connectivity index (χ2v) is 5.94. The second kappa shape index (κ2) is 6.33. The number of primary amides is 1. The summed E-state index contributed by atoms with van der Waals surface area (Å²) in [6.07, 6.45) is -0.125. The van der Waals surface area contributed by atoms with Gasteiger partial charge in [-0.2, -0.15) is 0 Å². The number of nitrogens with two attached hydrogens (primary N) is 1. The van der Waals surface area contributed by atoms with Crippen LogP contribution in [-0.2, 0) is 6.42 Å². The lowest BCUT2D eigenvalue weighted by molar-refractivity contribution is 0.0999. The number of carbonyl (C=O) groups is 2. The van der Waals surface area contributed by atoms with Crippen molar-refractivity contribution in [1.82, 2.24) is 5.32 Å². The van der Waals surface area contributed by atoms with Crippen LogP contribution in [0.3, 0.4) is 0 Å². The Labute approximate surface area is 139 Å². The molecule has 5 N–H and O–H groups in total. The highest BCUT2D eigenvalue weighted by atomic mass is 16.3. The van der Waals surface area contributed by atoms with Gasteiger partial charge < -0.3 is 21.5 Å². The first-order chi connectivity index (χ1) is 11.5. The molecule has 3 rings (SSSR count). The number of carbonyl (C=O) groups excluding carboxylic acids is 2. The number of amides is 3. The fraction of sp³-hybridized carbons (Fsp3) is 0.222. The maximum absolute atomic E-state index is 12.2. The van der Waals surface area contributed by atoms with Crippen LogP contribution >= 0.6 is 0 Å². The summed E-state index contributed by atoms with van der Waals surface area (Å²) in [5.41, 5.74) is 8.89. The average Bonchev–Trinajstić information content (AvgIpc) is 2.83. The van der Waals surface area contributed by atoms with E-state index in [0.717, 1.165) is 11.1 Å². The highest BCUT2D eigenvalue weighted by Crippen LogP contribution is 2.31. The lowest BCUT2D eigenvalue weighted by Crippen LogP contribution is -2.36. The Hall–Kier alpha value is -2.86. The van der Waals surface area contributed by atoms with Crippen molar-refractivity contribution in [3.63, 3.8) is 0 Å². The molecule has 0 heterocycles. The van der Waals surface area contributed by atoms with E-state index in [1.165, 1.54) is 0 Å². The van der Waals surface area contributed by atoms with Crippen molar-refractivity contribution in [3.05, 3.63) is 64.7 Å². The summed E-state index contributed by atoms with van der Waals surface area (Å²) in [5, 5.41) is 15.7. The number of nitrogens with one attached hydrogen (secondary N) is 2. The average molecular weight is 325 g/mol. The van der Waals surface area contributed by atoms with Crippen LogP contribution in [0, 0.1) is 6.92 Å². The quantitative estimate of drug-likeness (QED) is 0.692. The Morgan fingerprint density at radius 1 is 1.21 bits per heavy atom. The zero-order chi connectivity index (χ0) is 17.3. The number of fused-ring (bicyclic) bond motifs is 1. The van der Waals surface area contributed by atoms with Crippen molar-refractivity contribution in [2.24, 2.45) is 5.73 Å². The first-order valence-electron chi connectivity index (χ1n) is 7.69. The van der Waals surface area contributed by atoms with Gasteiger partial charge in [-0.15, -0.1) is 0 Å². The molecule has 0 saturated heterocycles. The fourth-order valence-corrected chi connectivity index (χ4v) is 3.07. The van der Waals surface area contributed by atoms with Crippen molar-refractivity contribution in [1.29, 1.82) is 0 Å². The number of aliphatic hydroxyl groups excluding tert-OH is 1. The third kappa shape index (κ3) is 3.09. The predicted molar refractivity (Wildman–Crippen MR) is 90.7 cm³/mol. The molecule has 0 aromatic heterocycles. The number of aryl methyl sites for hydroxylation is 1. The molecule has 0 radical (unpaired) electrons. The van der Waals surface area contributed by atoms with Crippen LogP contribution in [0.1, 0.15) is 33.1 Å². The number of anilines is 1. The minimum atomic E-state index is -0.646. The van der Waals surface area contributed by atoms with Crippen LogP contribution < -0.4 is 16.4 Å². The van der Waals surface area contributed by atoms with Gasteiger partial charge in [-0.05, 0) is 41.8 Å². The zero-order valence-corrected chi connectivity index (χ0v) is 13.2. The number of benzene rings is 2. The van der Waals surface area contributed by atoms with Gasteiger partial charge in [-0.3, -0.25) is 4.79 Å². The molecular weight excluding hydrogens is 306 g/mol. The normalized spacial score (nSPS) is 18.8. The van der Waals surface area contributed by atoms with Gasteiger partial charge in [-0.1, -0.05) is 24.3 Å². The monoisotopic (exact) mass is 325 g/mol. The molecular formula is C18H19N3O3. The standard InChI is InChI=1S/C18H19N3O3/c1-10-8-12(6-7-13(10)17(19)23)20-18(24)21-16-14-5-3-2-4-11(14)9-15(16)22/h2-8,15-16,22H,9H2,1H3,(H2,19,23)(H2,20,21,24). The van der Waals surface area contributed by atoms with E-state index >= 15 is 0 Å². The molecule has 1 aliphatic rings. The molecule has 0 saturated carbocycles. The Morgan fingerprint density at radius 3 is 2.67 bits per heavy atom. The third-order valence-electron chi connectivity index (χ3n) is 4.24. The molecule has 2 atom stereocenters. The lowest BCUT2D eigenvalue weighted by Gasteiger charge is -2.18. The molecule has 124 valence electrons. The van der Waals surface area contributed by atoms with E-state index in [2.05, 4.69) is 10.6 Å². The first kappa shape index (κ1) is 16.0. The molecule has 6 heteroatoms. The smallest absolute Gasteiger partial charge is 0.319 e. The minimum absolute atomic E-state index is 0.415. The summed E-state index contributed by atoms with van der Waals surface area (Å²) < 4.78 is 0. The highest BCUT2D eigenvalue weighted by Gasteiger charge is 2.31. The van der Waals surface area contributed by atoms with Gasteiger partial charge in [-0.25, -0.2) is 4.79 Å². The summed E-state index contributed by atoms with van der Waals surface area (Å²) in [6, 6.07) is 11.7. The topological polar surface area (TPSA) is 104 Å². The van der Waals surface area contributed by atoms with Crippen LogP contribution in [0.5, 0.6) is 0 Å². The number of rotatable bonds is 3. The number of hydrogen-bond donors (Lipinski definition) is 4. The van der Waals surface area contributed by atoms with Gasteiger partial charge in [0.15, 0.2) is 0 Å². The summed E-state index contributed by atoms with van der Waals surface area (Å²) in [6.45, 7) is 1.75. The van der Waals surface area contributed by atoms with Gasteiger partial charge >= 0.3 is 6.03 Å². The second-order valence-electron chi connectivity index (χ2n) is 5.94. The molecule has 0 spiro atoms. The van der Waals surface area contributed by atoms with E-state index in [4.69, 9.17) is 5.73 Å². The number of aliphatic hydroxyl groups is 1. The summed E-state index contributed by atoms with van der Waals surface area (Å²) in [5.74, 6) is -0.505. The maximum Gasteiger partial charge on any atom is 0.319 e. The van der Waals surface area contributed by atoms with Crippen LogP contribution in [0.2, 0.25) is 0 Å². The van der Waals surface area contributed by atoms with E-state index in [-0.39, 0.29) is 0 Å². The van der Waals surface area contributed by atoms with Gasteiger partial charge in [0.25, 0.3) is 0 Å². The third-order valence-corrected chi connectivity index (χ3v) is 4.24. The molecule has 0 fully saturated rings. The van der Waals surface area contributed by atoms with Gasteiger partial charge in [0.05, 0.1) is 12.1 Å². The fourth-order valence-electron chi connectivity index (χ4n) is 3.07. The van der Waals surface area contributed by atoms with E-state index in [1.54, 1.807) is 25.1 Å². The highest BCUT2D eigenvalue weighted by molar-refractivity contribution is 5.96. The van der Waals surface area contributed by atoms with Crippen molar-refractivity contribution in [2.75, 3.05) is 5.32 Å². The van der Waals surface area contributed by atoms with E-state index < -0.39 is 24.1 Å². The molecule has 2 aromatic carbocycles.